The molecule has 0 aromatic carbocycles. The van der Waals surface area contributed by atoms with Gasteiger partial charge in [-0.2, -0.15) is 0 Å². The Balaban J connectivity index is 2.21. The van der Waals surface area contributed by atoms with E-state index in [-0.39, 0.29) is 0 Å². The van der Waals surface area contributed by atoms with Crippen molar-refractivity contribution in [1.29, 1.82) is 0 Å². The standard InChI is InChI=1S/C18H38N2/c1-6-17-13-19-18(16(4)5)14-20(17)12-10-8-7-9-11-15(2)3/h15-19H,6-14H2,1-5H3. The summed E-state index contributed by atoms with van der Waals surface area (Å²) in [7, 11) is 0. The highest BCUT2D eigenvalue weighted by atomic mass is 15.2. The lowest BCUT2D eigenvalue weighted by Gasteiger charge is -2.41. The number of hydrogen-bond donors (Lipinski definition) is 1. The third-order valence-electron chi connectivity index (χ3n) is 4.82. The molecule has 0 aromatic rings. The predicted octanol–water partition coefficient (Wildman–Crippen LogP) is 4.30. The second-order valence-electron chi connectivity index (χ2n) is 7.41. The second kappa shape index (κ2) is 9.78. The van der Waals surface area contributed by atoms with Crippen LogP contribution in [0, 0.1) is 11.8 Å². The minimum atomic E-state index is 0.693. The number of nitrogens with zero attached hydrogens (tertiary/aromatic N) is 1. The van der Waals surface area contributed by atoms with Gasteiger partial charge in [0.25, 0.3) is 0 Å². The Morgan fingerprint density at radius 2 is 1.75 bits per heavy atom. The molecule has 1 N–H and O–H groups in total. The van der Waals surface area contributed by atoms with Crippen LogP contribution >= 0.6 is 0 Å². The minimum absolute atomic E-state index is 0.693. The summed E-state index contributed by atoms with van der Waals surface area (Å²) < 4.78 is 0. The van der Waals surface area contributed by atoms with Crippen molar-refractivity contribution in [3.05, 3.63) is 0 Å². The van der Waals surface area contributed by atoms with Crippen LogP contribution in [0.4, 0.5) is 0 Å². The van der Waals surface area contributed by atoms with E-state index in [1.165, 1.54) is 58.2 Å². The van der Waals surface area contributed by atoms with Crippen molar-refractivity contribution in [2.45, 2.75) is 85.2 Å². The van der Waals surface area contributed by atoms with E-state index in [0.29, 0.717) is 6.04 Å². The maximum Gasteiger partial charge on any atom is 0.0218 e. The van der Waals surface area contributed by atoms with E-state index < -0.39 is 0 Å². The molecule has 0 aliphatic carbocycles. The van der Waals surface area contributed by atoms with E-state index in [9.17, 15) is 0 Å². The molecule has 2 atom stereocenters. The molecule has 20 heavy (non-hydrogen) atoms. The topological polar surface area (TPSA) is 15.3 Å². The molecule has 2 nitrogen and oxygen atoms in total. The molecule has 1 heterocycles. The molecular formula is C18H38N2. The maximum absolute atomic E-state index is 3.73. The molecule has 0 spiro atoms. The van der Waals surface area contributed by atoms with Gasteiger partial charge in [-0.15, -0.1) is 0 Å². The van der Waals surface area contributed by atoms with Crippen LogP contribution < -0.4 is 5.32 Å². The summed E-state index contributed by atoms with van der Waals surface area (Å²) in [5.41, 5.74) is 0. The summed E-state index contributed by atoms with van der Waals surface area (Å²) in [6.45, 7) is 15.4. The van der Waals surface area contributed by atoms with Crippen molar-refractivity contribution >= 4 is 0 Å². The Morgan fingerprint density at radius 1 is 1.05 bits per heavy atom. The first-order chi connectivity index (χ1) is 9.54. The van der Waals surface area contributed by atoms with Gasteiger partial charge < -0.3 is 5.32 Å². The molecule has 2 unspecified atom stereocenters. The molecule has 0 amide bonds. The summed E-state index contributed by atoms with van der Waals surface area (Å²) in [6.07, 6.45) is 8.34. The third-order valence-corrected chi connectivity index (χ3v) is 4.82. The maximum atomic E-state index is 3.73. The number of hydrogen-bond acceptors (Lipinski definition) is 2. The molecule has 0 bridgehead atoms. The van der Waals surface area contributed by atoms with Crippen LogP contribution in [0.3, 0.4) is 0 Å². The Kier molecular flexibility index (Phi) is 8.79. The van der Waals surface area contributed by atoms with Gasteiger partial charge in [0.15, 0.2) is 0 Å². The van der Waals surface area contributed by atoms with E-state index in [1.807, 2.05) is 0 Å². The van der Waals surface area contributed by atoms with Crippen LogP contribution in [-0.4, -0.2) is 36.6 Å². The molecule has 1 saturated heterocycles. The van der Waals surface area contributed by atoms with E-state index in [1.54, 1.807) is 0 Å². The summed E-state index contributed by atoms with van der Waals surface area (Å²) in [6, 6.07) is 1.46. The number of nitrogens with one attached hydrogen (secondary N) is 1. The van der Waals surface area contributed by atoms with E-state index in [0.717, 1.165) is 17.9 Å². The van der Waals surface area contributed by atoms with Gasteiger partial charge in [-0.05, 0) is 31.2 Å². The van der Waals surface area contributed by atoms with Gasteiger partial charge in [-0.25, -0.2) is 0 Å². The molecule has 0 saturated carbocycles. The van der Waals surface area contributed by atoms with Crippen LogP contribution in [-0.2, 0) is 0 Å². The van der Waals surface area contributed by atoms with E-state index >= 15 is 0 Å². The first-order valence-electron chi connectivity index (χ1n) is 9.02. The Morgan fingerprint density at radius 3 is 2.35 bits per heavy atom. The zero-order valence-corrected chi connectivity index (χ0v) is 14.6. The zero-order chi connectivity index (χ0) is 15.0. The van der Waals surface area contributed by atoms with E-state index in [4.69, 9.17) is 0 Å². The van der Waals surface area contributed by atoms with Gasteiger partial charge in [-0.3, -0.25) is 4.90 Å². The Labute approximate surface area is 127 Å². The minimum Gasteiger partial charge on any atom is -0.311 e. The predicted molar refractivity (Wildman–Crippen MR) is 90.2 cm³/mol. The molecule has 1 aliphatic rings. The van der Waals surface area contributed by atoms with Crippen molar-refractivity contribution in [3.63, 3.8) is 0 Å². The monoisotopic (exact) mass is 282 g/mol. The number of piperazine rings is 1. The van der Waals surface area contributed by atoms with Gasteiger partial charge in [0, 0.05) is 25.2 Å². The van der Waals surface area contributed by atoms with Crippen LogP contribution in [0.15, 0.2) is 0 Å². The van der Waals surface area contributed by atoms with Gasteiger partial charge in [0.1, 0.15) is 0 Å². The molecule has 2 heteroatoms. The highest BCUT2D eigenvalue weighted by Gasteiger charge is 2.27. The van der Waals surface area contributed by atoms with Crippen LogP contribution in [0.5, 0.6) is 0 Å². The smallest absolute Gasteiger partial charge is 0.0218 e. The SMILES string of the molecule is CCC1CNC(C(C)C)CN1CCCCCCC(C)C. The largest absolute Gasteiger partial charge is 0.311 e. The molecule has 120 valence electrons. The van der Waals surface area contributed by atoms with E-state index in [2.05, 4.69) is 44.8 Å². The van der Waals surface area contributed by atoms with Crippen molar-refractivity contribution < 1.29 is 0 Å². The Hall–Kier alpha value is -0.0800. The van der Waals surface area contributed by atoms with Crippen molar-refractivity contribution in [2.75, 3.05) is 19.6 Å². The first kappa shape index (κ1) is 18.0. The molecule has 1 rings (SSSR count). The van der Waals surface area contributed by atoms with Crippen molar-refractivity contribution in [2.24, 2.45) is 11.8 Å². The highest BCUT2D eigenvalue weighted by molar-refractivity contribution is 4.86. The van der Waals surface area contributed by atoms with Crippen molar-refractivity contribution in [1.82, 2.24) is 10.2 Å². The summed E-state index contributed by atoms with van der Waals surface area (Å²) >= 11 is 0. The Bertz CT molecular complexity index is 238. The second-order valence-corrected chi connectivity index (χ2v) is 7.41. The van der Waals surface area contributed by atoms with Crippen LogP contribution in [0.1, 0.15) is 73.1 Å². The fourth-order valence-electron chi connectivity index (χ4n) is 3.23. The number of unbranched alkanes of at least 4 members (excludes halogenated alkanes) is 3. The normalized spacial score (nSPS) is 24.8. The molecular weight excluding hydrogens is 244 g/mol. The zero-order valence-electron chi connectivity index (χ0n) is 14.6. The van der Waals surface area contributed by atoms with Crippen molar-refractivity contribution in [3.8, 4) is 0 Å². The average molecular weight is 283 g/mol. The van der Waals surface area contributed by atoms with Crippen LogP contribution in [0.2, 0.25) is 0 Å². The number of rotatable bonds is 9. The summed E-state index contributed by atoms with van der Waals surface area (Å²) in [5, 5.41) is 3.73. The fraction of sp³-hybridized carbons (Fsp3) is 1.00. The first-order valence-corrected chi connectivity index (χ1v) is 9.02. The quantitative estimate of drug-likeness (QED) is 0.634. The highest BCUT2D eigenvalue weighted by Crippen LogP contribution is 2.16. The van der Waals surface area contributed by atoms with Crippen LogP contribution in [0.25, 0.3) is 0 Å². The summed E-state index contributed by atoms with van der Waals surface area (Å²) in [5.74, 6) is 1.63. The lowest BCUT2D eigenvalue weighted by atomic mass is 9.98. The van der Waals surface area contributed by atoms with Gasteiger partial charge in [-0.1, -0.05) is 60.3 Å². The third kappa shape index (κ3) is 6.58. The van der Waals surface area contributed by atoms with Gasteiger partial charge in [0.2, 0.25) is 0 Å². The lowest BCUT2D eigenvalue weighted by Crippen LogP contribution is -2.57. The van der Waals surface area contributed by atoms with Gasteiger partial charge >= 0.3 is 0 Å². The lowest BCUT2D eigenvalue weighted by molar-refractivity contribution is 0.108. The summed E-state index contributed by atoms with van der Waals surface area (Å²) in [4.78, 5) is 2.75. The van der Waals surface area contributed by atoms with Gasteiger partial charge in [0.05, 0.1) is 0 Å². The molecule has 1 aliphatic heterocycles. The average Bonchev–Trinajstić information content (AvgIpc) is 2.42. The molecule has 0 aromatic heterocycles. The molecule has 0 radical (unpaired) electrons. The fourth-order valence-corrected chi connectivity index (χ4v) is 3.23. The molecule has 1 fully saturated rings.